The highest BCUT2D eigenvalue weighted by molar-refractivity contribution is 5.75. The molecule has 1 aromatic rings. The molecular weight excluding hydrogens is 240 g/mol. The minimum Gasteiger partial charge on any atom is -0.490 e. The number of hydrogen-bond acceptors (Lipinski definition) is 2. The van der Waals surface area contributed by atoms with Gasteiger partial charge in [-0.1, -0.05) is 6.07 Å². The zero-order valence-electron chi connectivity index (χ0n) is 10.0. The zero-order chi connectivity index (χ0) is 13.4. The van der Waals surface area contributed by atoms with Crippen molar-refractivity contribution in [3.05, 3.63) is 29.6 Å². The fourth-order valence-electron chi connectivity index (χ4n) is 1.37. The molecule has 4 N–H and O–H groups in total. The van der Waals surface area contributed by atoms with Crippen molar-refractivity contribution in [2.24, 2.45) is 16.5 Å². The summed E-state index contributed by atoms with van der Waals surface area (Å²) in [6, 6.07) is 4.63. The standard InChI is InChI=1S/C12H17F2N3O/c13-5-1-7-18-11-3-2-9(8-10(11)14)4-6-17-12(15)16/h2-3,8H,1,4-7H2,(H4,15,16,17). The molecule has 0 saturated heterocycles. The van der Waals surface area contributed by atoms with E-state index in [1.807, 2.05) is 0 Å². The molecule has 0 atom stereocenters. The number of alkyl halides is 1. The van der Waals surface area contributed by atoms with Crippen LogP contribution >= 0.6 is 0 Å². The summed E-state index contributed by atoms with van der Waals surface area (Å²) in [5, 5.41) is 0. The predicted octanol–water partition coefficient (Wildman–Crippen LogP) is 1.38. The Kier molecular flexibility index (Phi) is 5.90. The molecule has 0 amide bonds. The average Bonchev–Trinajstić information content (AvgIpc) is 2.31. The van der Waals surface area contributed by atoms with E-state index >= 15 is 0 Å². The normalized spacial score (nSPS) is 10.1. The van der Waals surface area contributed by atoms with Gasteiger partial charge in [-0.25, -0.2) is 4.39 Å². The number of benzene rings is 1. The summed E-state index contributed by atoms with van der Waals surface area (Å²) >= 11 is 0. The van der Waals surface area contributed by atoms with Gasteiger partial charge in [0.1, 0.15) is 0 Å². The van der Waals surface area contributed by atoms with Crippen molar-refractivity contribution in [3.63, 3.8) is 0 Å². The maximum Gasteiger partial charge on any atom is 0.185 e. The highest BCUT2D eigenvalue weighted by Crippen LogP contribution is 2.18. The van der Waals surface area contributed by atoms with Crippen LogP contribution < -0.4 is 16.2 Å². The van der Waals surface area contributed by atoms with Crippen LogP contribution in [0, 0.1) is 5.82 Å². The third-order valence-electron chi connectivity index (χ3n) is 2.23. The molecule has 6 heteroatoms. The lowest BCUT2D eigenvalue weighted by atomic mass is 10.1. The topological polar surface area (TPSA) is 73.6 Å². The van der Waals surface area contributed by atoms with Crippen LogP contribution in [0.25, 0.3) is 0 Å². The quantitative estimate of drug-likeness (QED) is 0.440. The van der Waals surface area contributed by atoms with Crippen LogP contribution in [0.4, 0.5) is 8.78 Å². The fourth-order valence-corrected chi connectivity index (χ4v) is 1.37. The number of ether oxygens (including phenoxy) is 1. The Labute approximate surface area is 105 Å². The van der Waals surface area contributed by atoms with Crippen LogP contribution in [0.15, 0.2) is 23.2 Å². The van der Waals surface area contributed by atoms with E-state index in [0.717, 1.165) is 5.56 Å². The Balaban J connectivity index is 2.53. The van der Waals surface area contributed by atoms with E-state index in [4.69, 9.17) is 16.2 Å². The lowest BCUT2D eigenvalue weighted by molar-refractivity contribution is 0.277. The number of hydrogen-bond donors (Lipinski definition) is 2. The number of rotatable bonds is 7. The molecule has 18 heavy (non-hydrogen) atoms. The van der Waals surface area contributed by atoms with E-state index in [1.54, 1.807) is 6.07 Å². The lowest BCUT2D eigenvalue weighted by Crippen LogP contribution is -2.23. The summed E-state index contributed by atoms with van der Waals surface area (Å²) in [6.07, 6.45) is 0.797. The molecule has 0 spiro atoms. The van der Waals surface area contributed by atoms with Gasteiger partial charge in [0.05, 0.1) is 13.3 Å². The second kappa shape index (κ2) is 7.47. The molecule has 0 aromatic heterocycles. The van der Waals surface area contributed by atoms with E-state index in [1.165, 1.54) is 12.1 Å². The largest absolute Gasteiger partial charge is 0.490 e. The van der Waals surface area contributed by atoms with Crippen molar-refractivity contribution in [1.82, 2.24) is 0 Å². The first-order valence-corrected chi connectivity index (χ1v) is 5.66. The Bertz CT molecular complexity index is 406. The smallest absolute Gasteiger partial charge is 0.185 e. The highest BCUT2D eigenvalue weighted by Gasteiger charge is 2.04. The van der Waals surface area contributed by atoms with Gasteiger partial charge in [-0.15, -0.1) is 0 Å². The summed E-state index contributed by atoms with van der Waals surface area (Å²) in [5.41, 5.74) is 11.1. The summed E-state index contributed by atoms with van der Waals surface area (Å²) in [7, 11) is 0. The minimum absolute atomic E-state index is 0.0154. The zero-order valence-corrected chi connectivity index (χ0v) is 10.0. The van der Waals surface area contributed by atoms with Crippen LogP contribution in [0.1, 0.15) is 12.0 Å². The molecule has 0 radical (unpaired) electrons. The second-order valence-electron chi connectivity index (χ2n) is 3.71. The molecule has 0 fully saturated rings. The molecule has 0 aliphatic rings. The first-order valence-electron chi connectivity index (χ1n) is 5.66. The van der Waals surface area contributed by atoms with Gasteiger partial charge in [0.25, 0.3) is 0 Å². The van der Waals surface area contributed by atoms with E-state index in [0.29, 0.717) is 13.0 Å². The maximum atomic E-state index is 13.6. The van der Waals surface area contributed by atoms with Crippen molar-refractivity contribution in [1.29, 1.82) is 0 Å². The SMILES string of the molecule is NC(N)=NCCc1ccc(OCCCF)c(F)c1. The van der Waals surface area contributed by atoms with Gasteiger partial charge in [-0.2, -0.15) is 0 Å². The highest BCUT2D eigenvalue weighted by atomic mass is 19.1. The molecule has 4 nitrogen and oxygen atoms in total. The van der Waals surface area contributed by atoms with Crippen LogP contribution in [-0.4, -0.2) is 25.8 Å². The average molecular weight is 257 g/mol. The van der Waals surface area contributed by atoms with Gasteiger partial charge in [0, 0.05) is 13.0 Å². The maximum absolute atomic E-state index is 13.6. The van der Waals surface area contributed by atoms with Gasteiger partial charge in [-0.3, -0.25) is 9.38 Å². The van der Waals surface area contributed by atoms with Gasteiger partial charge in [-0.05, 0) is 24.1 Å². The fraction of sp³-hybridized carbons (Fsp3) is 0.417. The monoisotopic (exact) mass is 257 g/mol. The van der Waals surface area contributed by atoms with Crippen LogP contribution in [-0.2, 0) is 6.42 Å². The minimum atomic E-state index is -0.474. The molecule has 0 aliphatic heterocycles. The first-order chi connectivity index (χ1) is 8.63. The third kappa shape index (κ3) is 4.99. The Morgan fingerprint density at radius 2 is 2.11 bits per heavy atom. The molecule has 1 rings (SSSR count). The molecule has 0 aliphatic carbocycles. The lowest BCUT2D eigenvalue weighted by Gasteiger charge is -2.07. The van der Waals surface area contributed by atoms with Gasteiger partial charge >= 0.3 is 0 Å². The molecule has 1 aromatic carbocycles. The van der Waals surface area contributed by atoms with Crippen LogP contribution in [0.3, 0.4) is 0 Å². The van der Waals surface area contributed by atoms with Crippen molar-refractivity contribution in [3.8, 4) is 5.75 Å². The molecule has 0 heterocycles. The molecular formula is C12H17F2N3O. The summed E-state index contributed by atoms with van der Waals surface area (Å²) in [6.45, 7) is 0.100. The number of aliphatic imine (C=N–C) groups is 1. The van der Waals surface area contributed by atoms with Crippen molar-refractivity contribution in [2.45, 2.75) is 12.8 Å². The second-order valence-corrected chi connectivity index (χ2v) is 3.71. The van der Waals surface area contributed by atoms with Gasteiger partial charge < -0.3 is 16.2 Å². The molecule has 0 unspecified atom stereocenters. The number of guanidine groups is 1. The molecule has 0 saturated carbocycles. The summed E-state index contributed by atoms with van der Waals surface area (Å²) in [5.74, 6) is -0.313. The van der Waals surface area contributed by atoms with Crippen molar-refractivity contribution < 1.29 is 13.5 Å². The number of nitrogens with zero attached hydrogens (tertiary/aromatic N) is 1. The molecule has 100 valence electrons. The van der Waals surface area contributed by atoms with Crippen molar-refractivity contribution >= 4 is 5.96 Å². The van der Waals surface area contributed by atoms with E-state index in [-0.39, 0.29) is 24.7 Å². The molecule has 0 bridgehead atoms. The first kappa shape index (κ1) is 14.2. The summed E-state index contributed by atoms with van der Waals surface area (Å²) < 4.78 is 30.5. The van der Waals surface area contributed by atoms with Crippen LogP contribution in [0.2, 0.25) is 0 Å². The van der Waals surface area contributed by atoms with E-state index < -0.39 is 12.5 Å². The number of halogens is 2. The predicted molar refractivity (Wildman–Crippen MR) is 66.9 cm³/mol. The Morgan fingerprint density at radius 1 is 1.33 bits per heavy atom. The van der Waals surface area contributed by atoms with Crippen molar-refractivity contribution in [2.75, 3.05) is 19.8 Å². The number of nitrogens with two attached hydrogens (primary N) is 2. The Hall–Kier alpha value is -1.85. The van der Waals surface area contributed by atoms with Gasteiger partial charge in [0.2, 0.25) is 0 Å². The summed E-state index contributed by atoms with van der Waals surface area (Å²) in [4.78, 5) is 3.81. The van der Waals surface area contributed by atoms with Gasteiger partial charge in [0.15, 0.2) is 17.5 Å². The van der Waals surface area contributed by atoms with E-state index in [9.17, 15) is 8.78 Å². The third-order valence-corrected chi connectivity index (χ3v) is 2.23. The van der Waals surface area contributed by atoms with E-state index in [2.05, 4.69) is 4.99 Å². The van der Waals surface area contributed by atoms with Crippen LogP contribution in [0.5, 0.6) is 5.75 Å². The Morgan fingerprint density at radius 3 is 2.72 bits per heavy atom.